The third kappa shape index (κ3) is 4.18. The minimum atomic E-state index is -0.716. The molecule has 6 rings (SSSR count). The van der Waals surface area contributed by atoms with Gasteiger partial charge in [-0.2, -0.15) is 0 Å². The van der Waals surface area contributed by atoms with Crippen molar-refractivity contribution in [3.63, 3.8) is 0 Å². The minimum absolute atomic E-state index is 0.0109. The van der Waals surface area contributed by atoms with Gasteiger partial charge in [0.1, 0.15) is 6.04 Å². The fourth-order valence-electron chi connectivity index (χ4n) is 7.26. The van der Waals surface area contributed by atoms with Crippen LogP contribution in [-0.4, -0.2) is 43.2 Å². The zero-order valence-electron chi connectivity index (χ0n) is 21.7. The SMILES string of the molecule is CC(C)[C@H](NC(=O)C12CC3CC(CC(C3)C1)C2)C(=O)OCCCn1c(=O)c2c(ncn2C)n(C)c1=O. The second-order valence-electron chi connectivity index (χ2n) is 11.7. The van der Waals surface area contributed by atoms with Crippen LogP contribution in [0.15, 0.2) is 15.9 Å². The Morgan fingerprint density at radius 3 is 2.31 bits per heavy atom. The summed E-state index contributed by atoms with van der Waals surface area (Å²) in [6, 6.07) is -0.716. The maximum Gasteiger partial charge on any atom is 0.332 e. The highest BCUT2D eigenvalue weighted by Crippen LogP contribution is 2.60. The minimum Gasteiger partial charge on any atom is -0.464 e. The second kappa shape index (κ2) is 9.19. The maximum atomic E-state index is 13.4. The van der Waals surface area contributed by atoms with Crippen LogP contribution in [0.5, 0.6) is 0 Å². The number of aromatic nitrogens is 4. The van der Waals surface area contributed by atoms with Crippen LogP contribution in [0.4, 0.5) is 0 Å². The molecule has 2 aromatic heterocycles. The number of nitrogens with one attached hydrogen (secondary N) is 1. The summed E-state index contributed by atoms with van der Waals surface area (Å²) in [4.78, 5) is 56.0. The van der Waals surface area contributed by atoms with Crippen molar-refractivity contribution in [2.45, 2.75) is 71.4 Å². The van der Waals surface area contributed by atoms with E-state index in [1.54, 1.807) is 18.7 Å². The molecule has 1 amide bonds. The van der Waals surface area contributed by atoms with Crippen molar-refractivity contribution in [2.24, 2.45) is 43.2 Å². The lowest BCUT2D eigenvalue weighted by Crippen LogP contribution is -2.57. The summed E-state index contributed by atoms with van der Waals surface area (Å²) in [7, 11) is 3.28. The molecule has 4 aliphatic carbocycles. The number of nitrogens with zero attached hydrogens (tertiary/aromatic N) is 4. The van der Waals surface area contributed by atoms with Gasteiger partial charge < -0.3 is 14.6 Å². The van der Waals surface area contributed by atoms with Crippen LogP contribution in [0.2, 0.25) is 0 Å². The van der Waals surface area contributed by atoms with Crippen LogP contribution in [0.1, 0.15) is 58.8 Å². The lowest BCUT2D eigenvalue weighted by molar-refractivity contribution is -0.155. The number of hydrogen-bond acceptors (Lipinski definition) is 6. The van der Waals surface area contributed by atoms with Crippen molar-refractivity contribution in [1.82, 2.24) is 24.0 Å². The van der Waals surface area contributed by atoms with E-state index in [4.69, 9.17) is 4.74 Å². The highest BCUT2D eigenvalue weighted by molar-refractivity contribution is 5.88. The zero-order chi connectivity index (χ0) is 25.8. The van der Waals surface area contributed by atoms with Crippen molar-refractivity contribution in [3.8, 4) is 0 Å². The Morgan fingerprint density at radius 1 is 1.11 bits per heavy atom. The van der Waals surface area contributed by atoms with Gasteiger partial charge >= 0.3 is 11.7 Å². The Kier molecular flexibility index (Phi) is 6.32. The van der Waals surface area contributed by atoms with Crippen LogP contribution >= 0.6 is 0 Å². The average Bonchev–Trinajstić information content (AvgIpc) is 3.20. The van der Waals surface area contributed by atoms with Crippen LogP contribution in [0.3, 0.4) is 0 Å². The third-order valence-corrected chi connectivity index (χ3v) is 8.70. The van der Waals surface area contributed by atoms with E-state index in [1.807, 2.05) is 13.8 Å². The molecular formula is C26H37N5O5. The number of aryl methyl sites for hydroxylation is 2. The van der Waals surface area contributed by atoms with E-state index in [2.05, 4.69) is 10.3 Å². The molecule has 4 aliphatic rings. The number of carbonyl (C=O) groups is 2. The molecule has 1 N–H and O–H groups in total. The Morgan fingerprint density at radius 2 is 1.72 bits per heavy atom. The Bertz CT molecular complexity index is 1270. The maximum absolute atomic E-state index is 13.4. The highest BCUT2D eigenvalue weighted by atomic mass is 16.5. The van der Waals surface area contributed by atoms with E-state index < -0.39 is 23.3 Å². The molecule has 10 nitrogen and oxygen atoms in total. The van der Waals surface area contributed by atoms with Crippen molar-refractivity contribution in [1.29, 1.82) is 0 Å². The van der Waals surface area contributed by atoms with E-state index in [0.717, 1.165) is 23.8 Å². The number of amides is 1. The van der Waals surface area contributed by atoms with Crippen molar-refractivity contribution in [3.05, 3.63) is 27.2 Å². The second-order valence-corrected chi connectivity index (χ2v) is 11.7. The molecular weight excluding hydrogens is 462 g/mol. The Hall–Kier alpha value is -2.91. The molecule has 4 saturated carbocycles. The number of hydrogen-bond donors (Lipinski definition) is 1. The third-order valence-electron chi connectivity index (χ3n) is 8.70. The first-order chi connectivity index (χ1) is 17.1. The van der Waals surface area contributed by atoms with Crippen LogP contribution in [0, 0.1) is 29.1 Å². The molecule has 0 aliphatic heterocycles. The molecule has 36 heavy (non-hydrogen) atoms. The standard InChI is InChI=1S/C26H37N5O5/c1-15(2)19(28-24(34)26-11-16-8-17(12-26)10-18(9-16)13-26)23(33)36-7-5-6-31-22(32)20-21(27-14-29(20)3)30(4)25(31)35/h14-19H,5-13H2,1-4H3,(H,28,34)/t16?,17?,18?,19-,26?/m0/s1. The molecule has 4 bridgehead atoms. The number of fused-ring (bicyclic) bond motifs is 1. The lowest BCUT2D eigenvalue weighted by atomic mass is 9.49. The molecule has 1 atom stereocenters. The summed E-state index contributed by atoms with van der Waals surface area (Å²) in [5.74, 6) is 1.37. The first kappa shape index (κ1) is 24.8. The van der Waals surface area contributed by atoms with Crippen molar-refractivity contribution >= 4 is 23.0 Å². The summed E-state index contributed by atoms with van der Waals surface area (Å²) >= 11 is 0. The lowest BCUT2D eigenvalue weighted by Gasteiger charge is -2.55. The Labute approximate surface area is 210 Å². The predicted molar refractivity (Wildman–Crippen MR) is 133 cm³/mol. The smallest absolute Gasteiger partial charge is 0.332 e. The van der Waals surface area contributed by atoms with E-state index in [1.165, 1.54) is 30.2 Å². The predicted octanol–water partition coefficient (Wildman–Crippen LogP) is 1.72. The molecule has 0 spiro atoms. The van der Waals surface area contributed by atoms with Gasteiger partial charge in [-0.05, 0) is 68.6 Å². The summed E-state index contributed by atoms with van der Waals surface area (Å²) in [6.45, 7) is 3.97. The summed E-state index contributed by atoms with van der Waals surface area (Å²) in [5.41, 5.74) is -0.512. The molecule has 0 saturated heterocycles. The Balaban J connectivity index is 1.20. The first-order valence-electron chi connectivity index (χ1n) is 13.2. The van der Waals surface area contributed by atoms with Gasteiger partial charge in [0.2, 0.25) is 5.91 Å². The van der Waals surface area contributed by atoms with Gasteiger partial charge in [0, 0.05) is 26.1 Å². The molecule has 4 fully saturated rings. The van der Waals surface area contributed by atoms with E-state index >= 15 is 0 Å². The largest absolute Gasteiger partial charge is 0.464 e. The number of rotatable bonds is 8. The topological polar surface area (TPSA) is 117 Å². The quantitative estimate of drug-likeness (QED) is 0.437. The first-order valence-corrected chi connectivity index (χ1v) is 13.2. The zero-order valence-corrected chi connectivity index (χ0v) is 21.7. The van der Waals surface area contributed by atoms with Crippen molar-refractivity contribution < 1.29 is 14.3 Å². The molecule has 0 radical (unpaired) electrons. The van der Waals surface area contributed by atoms with Gasteiger partial charge in [-0.1, -0.05) is 13.8 Å². The monoisotopic (exact) mass is 499 g/mol. The van der Waals surface area contributed by atoms with Gasteiger partial charge in [-0.25, -0.2) is 14.6 Å². The normalized spacial score (nSPS) is 27.5. The van der Waals surface area contributed by atoms with Gasteiger partial charge in [0.05, 0.1) is 12.9 Å². The van der Waals surface area contributed by atoms with Gasteiger partial charge in [-0.15, -0.1) is 0 Å². The molecule has 2 aromatic rings. The van der Waals surface area contributed by atoms with E-state index in [0.29, 0.717) is 35.3 Å². The molecule has 10 heteroatoms. The van der Waals surface area contributed by atoms with Crippen molar-refractivity contribution in [2.75, 3.05) is 6.61 Å². The highest BCUT2D eigenvalue weighted by Gasteiger charge is 2.55. The van der Waals surface area contributed by atoms with Crippen LogP contribution < -0.4 is 16.6 Å². The summed E-state index contributed by atoms with van der Waals surface area (Å²) in [6.07, 6.45) is 8.38. The fourth-order valence-corrected chi connectivity index (χ4v) is 7.26. The summed E-state index contributed by atoms with van der Waals surface area (Å²) < 4.78 is 9.60. The number of ether oxygens (including phenoxy) is 1. The average molecular weight is 500 g/mol. The fraction of sp³-hybridized carbons (Fsp3) is 0.731. The number of carbonyl (C=O) groups excluding carboxylic acids is 2. The van der Waals surface area contributed by atoms with Gasteiger partial charge in [0.25, 0.3) is 5.56 Å². The molecule has 2 heterocycles. The molecule has 196 valence electrons. The molecule has 0 aromatic carbocycles. The van der Waals surface area contributed by atoms with Gasteiger partial charge in [-0.3, -0.25) is 18.7 Å². The molecule has 0 unspecified atom stereocenters. The summed E-state index contributed by atoms with van der Waals surface area (Å²) in [5, 5.41) is 3.05. The van der Waals surface area contributed by atoms with Crippen LogP contribution in [-0.2, 0) is 35.0 Å². The van der Waals surface area contributed by atoms with Crippen LogP contribution in [0.25, 0.3) is 11.2 Å². The van der Waals surface area contributed by atoms with E-state index in [9.17, 15) is 19.2 Å². The number of imidazole rings is 1. The van der Waals surface area contributed by atoms with E-state index in [-0.39, 0.29) is 30.4 Å². The number of esters is 1. The van der Waals surface area contributed by atoms with Gasteiger partial charge in [0.15, 0.2) is 11.2 Å².